The summed E-state index contributed by atoms with van der Waals surface area (Å²) in [6, 6.07) is 4.69. The number of carbonyl (C=O) groups excluding carboxylic acids is 1. The highest BCUT2D eigenvalue weighted by molar-refractivity contribution is 6.32. The molecule has 2 N–H and O–H groups in total. The molecule has 1 aromatic carbocycles. The van der Waals surface area contributed by atoms with E-state index in [0.717, 1.165) is 25.9 Å². The molecule has 1 heterocycles. The summed E-state index contributed by atoms with van der Waals surface area (Å²) in [4.78, 5) is 22.4. The van der Waals surface area contributed by atoms with Crippen LogP contribution in [0.3, 0.4) is 0 Å². The zero-order valence-corrected chi connectivity index (χ0v) is 13.5. The van der Waals surface area contributed by atoms with E-state index in [-0.39, 0.29) is 22.8 Å². The van der Waals surface area contributed by atoms with Crippen LogP contribution in [-0.4, -0.2) is 36.3 Å². The van der Waals surface area contributed by atoms with Crippen LogP contribution in [0.25, 0.3) is 0 Å². The summed E-state index contributed by atoms with van der Waals surface area (Å²) < 4.78 is 10.6. The molecule has 23 heavy (non-hydrogen) atoms. The van der Waals surface area contributed by atoms with Crippen molar-refractivity contribution in [1.29, 1.82) is 0 Å². The Morgan fingerprint density at radius 1 is 1.39 bits per heavy atom. The number of amides is 1. The minimum atomic E-state index is -1.08. The maximum Gasteiger partial charge on any atom is 0.341 e. The number of hydrogen-bond donors (Lipinski definition) is 2. The summed E-state index contributed by atoms with van der Waals surface area (Å²) >= 11 is 6.01. The number of hydrogen-bond acceptors (Lipinski definition) is 4. The van der Waals surface area contributed by atoms with Gasteiger partial charge in [0.2, 0.25) is 5.91 Å². The monoisotopic (exact) mass is 341 g/mol. The van der Waals surface area contributed by atoms with Gasteiger partial charge in [-0.1, -0.05) is 11.6 Å². The average molecular weight is 342 g/mol. The van der Waals surface area contributed by atoms with E-state index in [9.17, 15) is 9.59 Å². The van der Waals surface area contributed by atoms with Gasteiger partial charge in [0.1, 0.15) is 5.75 Å². The second-order valence-electron chi connectivity index (χ2n) is 5.40. The molecule has 0 bridgehead atoms. The molecule has 0 spiro atoms. The van der Waals surface area contributed by atoms with Crippen molar-refractivity contribution in [3.63, 3.8) is 0 Å². The minimum absolute atomic E-state index is 0.102. The van der Waals surface area contributed by atoms with Crippen molar-refractivity contribution >= 4 is 29.2 Å². The van der Waals surface area contributed by atoms with Crippen LogP contribution < -0.4 is 10.1 Å². The topological polar surface area (TPSA) is 84.9 Å². The zero-order chi connectivity index (χ0) is 16.7. The number of halogens is 1. The van der Waals surface area contributed by atoms with E-state index in [4.69, 9.17) is 26.2 Å². The first-order chi connectivity index (χ1) is 11.0. The van der Waals surface area contributed by atoms with Gasteiger partial charge >= 0.3 is 5.97 Å². The van der Waals surface area contributed by atoms with Gasteiger partial charge in [-0.15, -0.1) is 0 Å². The number of carboxylic acid groups (broad SMARTS) is 1. The Morgan fingerprint density at radius 2 is 2.22 bits per heavy atom. The molecule has 2 rings (SSSR count). The molecule has 1 aliphatic rings. The molecule has 1 atom stereocenters. The smallest absolute Gasteiger partial charge is 0.341 e. The van der Waals surface area contributed by atoms with Gasteiger partial charge in [-0.2, -0.15) is 0 Å². The van der Waals surface area contributed by atoms with E-state index in [0.29, 0.717) is 18.5 Å². The van der Waals surface area contributed by atoms with E-state index in [1.54, 1.807) is 6.07 Å². The van der Waals surface area contributed by atoms with Gasteiger partial charge in [-0.25, -0.2) is 4.79 Å². The summed E-state index contributed by atoms with van der Waals surface area (Å²) in [6.45, 7) is 0.312. The number of carbonyl (C=O) groups is 2. The predicted octanol–water partition coefficient (Wildman–Crippen LogP) is 3.09. The second kappa shape index (κ2) is 8.74. The molecule has 1 aliphatic heterocycles. The molecule has 0 aromatic heterocycles. The number of rotatable bonds is 7. The van der Waals surface area contributed by atoms with E-state index >= 15 is 0 Å². The van der Waals surface area contributed by atoms with Gasteiger partial charge in [0, 0.05) is 18.7 Å². The number of carboxylic acids is 1. The Balaban J connectivity index is 1.80. The molecule has 7 heteroatoms. The summed E-state index contributed by atoms with van der Waals surface area (Å²) in [7, 11) is 0. The van der Waals surface area contributed by atoms with Gasteiger partial charge in [-0.3, -0.25) is 4.79 Å². The molecular weight excluding hydrogens is 322 g/mol. The average Bonchev–Trinajstić information content (AvgIpc) is 2.53. The van der Waals surface area contributed by atoms with Gasteiger partial charge in [0.15, 0.2) is 6.61 Å². The van der Waals surface area contributed by atoms with Crippen molar-refractivity contribution < 1.29 is 24.2 Å². The fourth-order valence-corrected chi connectivity index (χ4v) is 2.62. The third kappa shape index (κ3) is 6.08. The lowest BCUT2D eigenvalue weighted by atomic mass is 10.0. The fourth-order valence-electron chi connectivity index (χ4n) is 2.39. The molecule has 1 unspecified atom stereocenters. The zero-order valence-electron chi connectivity index (χ0n) is 12.7. The lowest BCUT2D eigenvalue weighted by Crippen LogP contribution is -2.21. The molecule has 126 valence electrons. The summed E-state index contributed by atoms with van der Waals surface area (Å²) in [5.41, 5.74) is 0.548. The van der Waals surface area contributed by atoms with Crippen LogP contribution in [0.15, 0.2) is 18.2 Å². The van der Waals surface area contributed by atoms with Crippen molar-refractivity contribution in [3.05, 3.63) is 23.2 Å². The first kappa shape index (κ1) is 17.6. The fraction of sp³-hybridized carbons (Fsp3) is 0.500. The lowest BCUT2D eigenvalue weighted by molar-refractivity contribution is -0.139. The van der Waals surface area contributed by atoms with Gasteiger partial charge in [0.05, 0.1) is 11.1 Å². The molecule has 1 saturated heterocycles. The summed E-state index contributed by atoms with van der Waals surface area (Å²) in [5.74, 6) is -0.916. The van der Waals surface area contributed by atoms with E-state index < -0.39 is 12.6 Å². The van der Waals surface area contributed by atoms with E-state index in [1.807, 2.05) is 0 Å². The highest BCUT2D eigenvalue weighted by Crippen LogP contribution is 2.28. The summed E-state index contributed by atoms with van der Waals surface area (Å²) in [6.07, 6.45) is 4.52. The molecule has 0 radical (unpaired) electrons. The number of nitrogens with one attached hydrogen (secondary N) is 1. The van der Waals surface area contributed by atoms with Crippen LogP contribution in [0.4, 0.5) is 5.69 Å². The Kier molecular flexibility index (Phi) is 6.67. The third-order valence-electron chi connectivity index (χ3n) is 3.53. The maximum atomic E-state index is 11.9. The van der Waals surface area contributed by atoms with Crippen LogP contribution in [0.2, 0.25) is 5.02 Å². The number of ether oxygens (including phenoxy) is 2. The highest BCUT2D eigenvalue weighted by Gasteiger charge is 2.15. The Labute approximate surface area is 139 Å². The number of aliphatic carboxylic acids is 1. The maximum absolute atomic E-state index is 11.9. The molecule has 0 saturated carbocycles. The normalized spacial score (nSPS) is 17.5. The first-order valence-electron chi connectivity index (χ1n) is 7.60. The van der Waals surface area contributed by atoms with E-state index in [2.05, 4.69) is 5.32 Å². The van der Waals surface area contributed by atoms with Crippen LogP contribution in [-0.2, 0) is 14.3 Å². The Morgan fingerprint density at radius 3 is 2.87 bits per heavy atom. The molecule has 1 aromatic rings. The van der Waals surface area contributed by atoms with E-state index in [1.165, 1.54) is 12.1 Å². The number of benzene rings is 1. The largest absolute Gasteiger partial charge is 0.480 e. The molecule has 6 nitrogen and oxygen atoms in total. The van der Waals surface area contributed by atoms with Gasteiger partial charge in [-0.05, 0) is 43.9 Å². The minimum Gasteiger partial charge on any atom is -0.480 e. The highest BCUT2D eigenvalue weighted by atomic mass is 35.5. The molecule has 1 fully saturated rings. The van der Waals surface area contributed by atoms with Crippen molar-refractivity contribution in [3.8, 4) is 5.75 Å². The van der Waals surface area contributed by atoms with Crippen LogP contribution >= 0.6 is 11.6 Å². The molecular formula is C16H20ClNO5. The van der Waals surface area contributed by atoms with Crippen LogP contribution in [0.5, 0.6) is 5.75 Å². The van der Waals surface area contributed by atoms with Crippen LogP contribution in [0.1, 0.15) is 32.1 Å². The quantitative estimate of drug-likeness (QED) is 0.796. The Hall–Kier alpha value is -1.79. The third-order valence-corrected chi connectivity index (χ3v) is 3.83. The molecule has 1 amide bonds. The van der Waals surface area contributed by atoms with Crippen molar-refractivity contribution in [1.82, 2.24) is 0 Å². The van der Waals surface area contributed by atoms with Crippen molar-refractivity contribution in [2.45, 2.75) is 38.2 Å². The first-order valence-corrected chi connectivity index (χ1v) is 7.98. The number of anilines is 1. The SMILES string of the molecule is O=C(O)COc1ccc(NC(=O)CCC2CCCCO2)cc1Cl. The second-order valence-corrected chi connectivity index (χ2v) is 5.81. The molecule has 0 aliphatic carbocycles. The Bertz CT molecular complexity index is 557. The van der Waals surface area contributed by atoms with Crippen molar-refractivity contribution in [2.75, 3.05) is 18.5 Å². The van der Waals surface area contributed by atoms with Crippen LogP contribution in [0, 0.1) is 0 Å². The predicted molar refractivity (Wildman–Crippen MR) is 86.0 cm³/mol. The lowest BCUT2D eigenvalue weighted by Gasteiger charge is -2.22. The van der Waals surface area contributed by atoms with Gasteiger partial charge in [0.25, 0.3) is 0 Å². The van der Waals surface area contributed by atoms with Crippen molar-refractivity contribution in [2.24, 2.45) is 0 Å². The summed E-state index contributed by atoms with van der Waals surface area (Å²) in [5, 5.41) is 11.6. The van der Waals surface area contributed by atoms with Gasteiger partial charge < -0.3 is 19.9 Å². The standard InChI is InChI=1S/C16H20ClNO5/c17-13-9-11(4-6-14(13)23-10-16(20)21)18-15(19)7-5-12-3-1-2-8-22-12/h4,6,9,12H,1-3,5,7-8,10H2,(H,18,19)(H,20,21).